The Morgan fingerprint density at radius 1 is 1.11 bits per heavy atom. The van der Waals surface area contributed by atoms with Crippen molar-refractivity contribution >= 4 is 5.96 Å². The van der Waals surface area contributed by atoms with Crippen LogP contribution in [0.2, 0.25) is 0 Å². The summed E-state index contributed by atoms with van der Waals surface area (Å²) in [5.41, 5.74) is 1.41. The van der Waals surface area contributed by atoms with Crippen LogP contribution in [-0.2, 0) is 11.3 Å². The fourth-order valence-corrected chi connectivity index (χ4v) is 4.87. The van der Waals surface area contributed by atoms with Crippen molar-refractivity contribution in [2.24, 2.45) is 4.99 Å². The first-order valence-corrected chi connectivity index (χ1v) is 10.9. The van der Waals surface area contributed by atoms with Crippen LogP contribution in [0.5, 0.6) is 0 Å². The Balaban J connectivity index is 1.27. The summed E-state index contributed by atoms with van der Waals surface area (Å²) >= 11 is 0. The van der Waals surface area contributed by atoms with Gasteiger partial charge in [0.05, 0.1) is 13.2 Å². The van der Waals surface area contributed by atoms with E-state index in [2.05, 4.69) is 55.3 Å². The fourth-order valence-electron chi connectivity index (χ4n) is 4.87. The Kier molecular flexibility index (Phi) is 6.83. The minimum atomic E-state index is 0.592. The molecule has 1 N–H and O–H groups in total. The van der Waals surface area contributed by atoms with Crippen molar-refractivity contribution in [2.45, 2.75) is 37.9 Å². The second-order valence-corrected chi connectivity index (χ2v) is 8.22. The van der Waals surface area contributed by atoms with Crippen LogP contribution in [0.3, 0.4) is 0 Å². The zero-order valence-electron chi connectivity index (χ0n) is 17.2. The summed E-state index contributed by atoms with van der Waals surface area (Å²) in [6.07, 6.45) is 3.79. The normalized spacial score (nSPS) is 27.5. The summed E-state index contributed by atoms with van der Waals surface area (Å²) in [5.74, 6) is 1.07. The van der Waals surface area contributed by atoms with Gasteiger partial charge in [-0.1, -0.05) is 30.3 Å². The number of morpholine rings is 1. The molecule has 3 saturated heterocycles. The molecule has 3 aliphatic heterocycles. The topological polar surface area (TPSA) is 43.3 Å². The number of likely N-dealkylation sites (tertiary alicyclic amines) is 2. The van der Waals surface area contributed by atoms with Gasteiger partial charge >= 0.3 is 0 Å². The molecule has 154 valence electrons. The SMILES string of the molecule is CN=C(NCC1CCCN1Cc1ccccc1)N1CCC(N2CCOCC2)C1. The molecule has 1 aromatic carbocycles. The first-order chi connectivity index (χ1) is 13.8. The highest BCUT2D eigenvalue weighted by molar-refractivity contribution is 5.80. The third-order valence-corrected chi connectivity index (χ3v) is 6.46. The van der Waals surface area contributed by atoms with Crippen molar-refractivity contribution in [3.63, 3.8) is 0 Å². The molecule has 3 aliphatic rings. The maximum atomic E-state index is 5.51. The second kappa shape index (κ2) is 9.72. The van der Waals surface area contributed by atoms with Crippen LogP contribution < -0.4 is 5.32 Å². The molecule has 3 fully saturated rings. The third kappa shape index (κ3) is 4.85. The fraction of sp³-hybridized carbons (Fsp3) is 0.682. The van der Waals surface area contributed by atoms with Gasteiger partial charge in [-0.15, -0.1) is 0 Å². The van der Waals surface area contributed by atoms with E-state index in [4.69, 9.17) is 4.74 Å². The average Bonchev–Trinajstić information content (AvgIpc) is 3.40. The Labute approximate surface area is 169 Å². The number of benzene rings is 1. The molecule has 2 unspecified atom stereocenters. The van der Waals surface area contributed by atoms with E-state index in [0.29, 0.717) is 12.1 Å². The molecule has 0 aromatic heterocycles. The van der Waals surface area contributed by atoms with Gasteiger partial charge in [0.15, 0.2) is 5.96 Å². The van der Waals surface area contributed by atoms with Gasteiger partial charge < -0.3 is 15.0 Å². The summed E-state index contributed by atoms with van der Waals surface area (Å²) in [6.45, 7) is 9.31. The molecule has 2 atom stereocenters. The summed E-state index contributed by atoms with van der Waals surface area (Å²) in [4.78, 5) is 12.2. The maximum absolute atomic E-state index is 5.51. The van der Waals surface area contributed by atoms with E-state index in [1.165, 1.54) is 31.4 Å². The lowest BCUT2D eigenvalue weighted by molar-refractivity contribution is 0.0195. The quantitative estimate of drug-likeness (QED) is 0.617. The molecule has 0 radical (unpaired) electrons. The predicted octanol–water partition coefficient (Wildman–Crippen LogP) is 1.63. The van der Waals surface area contributed by atoms with E-state index >= 15 is 0 Å². The van der Waals surface area contributed by atoms with Crippen molar-refractivity contribution in [3.05, 3.63) is 35.9 Å². The number of guanidine groups is 1. The molecule has 0 aliphatic carbocycles. The smallest absolute Gasteiger partial charge is 0.193 e. The first-order valence-electron chi connectivity index (χ1n) is 10.9. The number of nitrogens with one attached hydrogen (secondary N) is 1. The van der Waals surface area contributed by atoms with Crippen molar-refractivity contribution in [1.29, 1.82) is 0 Å². The van der Waals surface area contributed by atoms with Gasteiger partial charge in [-0.2, -0.15) is 0 Å². The Bertz CT molecular complexity index is 631. The van der Waals surface area contributed by atoms with E-state index in [1.807, 2.05) is 7.05 Å². The van der Waals surface area contributed by atoms with E-state index in [9.17, 15) is 0 Å². The lowest BCUT2D eigenvalue weighted by Gasteiger charge is -2.32. The summed E-state index contributed by atoms with van der Waals surface area (Å²) < 4.78 is 5.51. The largest absolute Gasteiger partial charge is 0.379 e. The molecule has 3 heterocycles. The van der Waals surface area contributed by atoms with Gasteiger partial charge in [-0.25, -0.2) is 0 Å². The number of rotatable bonds is 5. The van der Waals surface area contributed by atoms with Crippen LogP contribution in [0.4, 0.5) is 0 Å². The van der Waals surface area contributed by atoms with Crippen LogP contribution in [0.1, 0.15) is 24.8 Å². The number of aliphatic imine (C=N–C) groups is 1. The molecule has 0 amide bonds. The number of hydrogen-bond acceptors (Lipinski definition) is 4. The van der Waals surface area contributed by atoms with E-state index in [0.717, 1.165) is 58.4 Å². The molecule has 0 spiro atoms. The highest BCUT2D eigenvalue weighted by Gasteiger charge is 2.31. The molecule has 0 saturated carbocycles. The van der Waals surface area contributed by atoms with E-state index < -0.39 is 0 Å². The van der Waals surface area contributed by atoms with Gasteiger partial charge in [0.2, 0.25) is 0 Å². The Morgan fingerprint density at radius 2 is 1.93 bits per heavy atom. The zero-order valence-corrected chi connectivity index (χ0v) is 17.2. The predicted molar refractivity (Wildman–Crippen MR) is 114 cm³/mol. The van der Waals surface area contributed by atoms with Crippen LogP contribution in [-0.4, -0.2) is 92.3 Å². The number of nitrogens with zero attached hydrogens (tertiary/aromatic N) is 4. The number of hydrogen-bond donors (Lipinski definition) is 1. The second-order valence-electron chi connectivity index (χ2n) is 8.22. The standard InChI is InChI=1S/C22H35N5O/c1-23-22(27-11-9-21(18-27)25-12-14-28-15-13-25)24-16-20-8-5-10-26(20)17-19-6-3-2-4-7-19/h2-4,6-7,20-21H,5,8-18H2,1H3,(H,23,24). The lowest BCUT2D eigenvalue weighted by atomic mass is 10.2. The van der Waals surface area contributed by atoms with E-state index in [1.54, 1.807) is 0 Å². The number of ether oxygens (including phenoxy) is 1. The molecular weight excluding hydrogens is 350 g/mol. The summed E-state index contributed by atoms with van der Waals surface area (Å²) in [6, 6.07) is 12.1. The first kappa shape index (κ1) is 19.7. The highest BCUT2D eigenvalue weighted by Crippen LogP contribution is 2.20. The summed E-state index contributed by atoms with van der Waals surface area (Å²) in [7, 11) is 1.92. The molecule has 0 bridgehead atoms. The van der Waals surface area contributed by atoms with Gasteiger partial charge in [0, 0.05) is 58.4 Å². The van der Waals surface area contributed by atoms with Gasteiger partial charge in [-0.05, 0) is 31.4 Å². The maximum Gasteiger partial charge on any atom is 0.193 e. The van der Waals surface area contributed by atoms with Gasteiger partial charge in [0.25, 0.3) is 0 Å². The highest BCUT2D eigenvalue weighted by atomic mass is 16.5. The van der Waals surface area contributed by atoms with Gasteiger partial charge in [0.1, 0.15) is 0 Å². The molecule has 6 nitrogen and oxygen atoms in total. The van der Waals surface area contributed by atoms with Crippen molar-refractivity contribution in [3.8, 4) is 0 Å². The van der Waals surface area contributed by atoms with Crippen LogP contribution in [0, 0.1) is 0 Å². The molecule has 6 heteroatoms. The molecule has 4 rings (SSSR count). The monoisotopic (exact) mass is 385 g/mol. The Hall–Kier alpha value is -1.63. The Morgan fingerprint density at radius 3 is 2.71 bits per heavy atom. The van der Waals surface area contributed by atoms with Crippen LogP contribution >= 0.6 is 0 Å². The molecule has 28 heavy (non-hydrogen) atoms. The van der Waals surface area contributed by atoms with Crippen molar-refractivity contribution in [2.75, 3.05) is 59.5 Å². The minimum Gasteiger partial charge on any atom is -0.379 e. The average molecular weight is 386 g/mol. The van der Waals surface area contributed by atoms with Crippen molar-refractivity contribution < 1.29 is 4.74 Å². The lowest BCUT2D eigenvalue weighted by Crippen LogP contribution is -2.48. The third-order valence-electron chi connectivity index (χ3n) is 6.46. The molecular formula is C22H35N5O. The minimum absolute atomic E-state index is 0.592. The van der Waals surface area contributed by atoms with Gasteiger partial charge in [-0.3, -0.25) is 14.8 Å². The van der Waals surface area contributed by atoms with Crippen molar-refractivity contribution in [1.82, 2.24) is 20.0 Å². The summed E-state index contributed by atoms with van der Waals surface area (Å²) in [5, 5.41) is 3.68. The van der Waals surface area contributed by atoms with E-state index in [-0.39, 0.29) is 0 Å². The van der Waals surface area contributed by atoms with Crippen LogP contribution in [0.15, 0.2) is 35.3 Å². The zero-order chi connectivity index (χ0) is 19.2. The van der Waals surface area contributed by atoms with Crippen LogP contribution in [0.25, 0.3) is 0 Å². The molecule has 1 aromatic rings.